The zero-order valence-corrected chi connectivity index (χ0v) is 11.8. The number of carbonyl (C=O) groups is 2. The summed E-state index contributed by atoms with van der Waals surface area (Å²) in [6.45, 7) is -0.245. The van der Waals surface area contributed by atoms with Gasteiger partial charge in [-0.05, 0) is 18.2 Å². The first-order valence-corrected chi connectivity index (χ1v) is 6.49. The second kappa shape index (κ2) is 6.44. The van der Waals surface area contributed by atoms with Crippen molar-refractivity contribution in [2.24, 2.45) is 0 Å². The molecule has 0 fully saturated rings. The molecule has 0 radical (unpaired) electrons. The van der Waals surface area contributed by atoms with Crippen LogP contribution in [0.4, 0.5) is 13.2 Å². The van der Waals surface area contributed by atoms with E-state index in [-0.39, 0.29) is 24.3 Å². The third-order valence-electron chi connectivity index (χ3n) is 2.99. The number of H-pyrrole nitrogens is 1. The Morgan fingerprint density at radius 2 is 1.96 bits per heavy atom. The third kappa shape index (κ3) is 4.03. The minimum absolute atomic E-state index is 0.0430. The van der Waals surface area contributed by atoms with Crippen molar-refractivity contribution in [3.8, 4) is 12.3 Å². The number of nitrogens with one attached hydrogen (secondary N) is 3. The van der Waals surface area contributed by atoms with Crippen LogP contribution < -0.4 is 10.6 Å². The zero-order valence-electron chi connectivity index (χ0n) is 11.8. The quantitative estimate of drug-likeness (QED) is 0.749. The molecule has 2 rings (SSSR count). The van der Waals surface area contributed by atoms with E-state index < -0.39 is 23.6 Å². The van der Waals surface area contributed by atoms with Gasteiger partial charge in [-0.15, -0.1) is 6.42 Å². The van der Waals surface area contributed by atoms with Crippen LogP contribution in [0.2, 0.25) is 0 Å². The fourth-order valence-electron chi connectivity index (χ4n) is 1.89. The summed E-state index contributed by atoms with van der Waals surface area (Å²) in [6, 6.07) is 4.53. The van der Waals surface area contributed by atoms with Gasteiger partial charge in [0.05, 0.1) is 18.7 Å². The van der Waals surface area contributed by atoms with Gasteiger partial charge in [-0.25, -0.2) is 0 Å². The number of aromatic amines is 1. The molecule has 0 spiro atoms. The summed E-state index contributed by atoms with van der Waals surface area (Å²) in [4.78, 5) is 25.8. The number of fused-ring (bicyclic) bond motifs is 1. The van der Waals surface area contributed by atoms with Crippen LogP contribution in [0.5, 0.6) is 0 Å². The Morgan fingerprint density at radius 3 is 2.61 bits per heavy atom. The Morgan fingerprint density at radius 1 is 1.22 bits per heavy atom. The molecular formula is C15H12F3N3O2. The topological polar surface area (TPSA) is 74.0 Å². The van der Waals surface area contributed by atoms with Gasteiger partial charge < -0.3 is 15.6 Å². The van der Waals surface area contributed by atoms with E-state index in [4.69, 9.17) is 6.42 Å². The average molecular weight is 323 g/mol. The van der Waals surface area contributed by atoms with Gasteiger partial charge in [-0.2, -0.15) is 13.2 Å². The number of rotatable bonds is 4. The minimum Gasteiger partial charge on any atom is -0.351 e. The van der Waals surface area contributed by atoms with Crippen molar-refractivity contribution in [3.05, 3.63) is 35.5 Å². The van der Waals surface area contributed by atoms with E-state index in [1.165, 1.54) is 12.1 Å². The second-order valence-electron chi connectivity index (χ2n) is 4.65. The molecule has 0 aliphatic heterocycles. The maximum atomic E-state index is 12.6. The highest BCUT2D eigenvalue weighted by molar-refractivity contribution is 5.99. The van der Waals surface area contributed by atoms with Gasteiger partial charge in [-0.3, -0.25) is 9.59 Å². The molecule has 1 heterocycles. The predicted octanol–water partition coefficient (Wildman–Crippen LogP) is 1.67. The molecule has 120 valence electrons. The fraction of sp³-hybridized carbons (Fsp3) is 0.200. The highest BCUT2D eigenvalue weighted by atomic mass is 19.4. The van der Waals surface area contributed by atoms with Crippen LogP contribution in [0.1, 0.15) is 16.1 Å². The first kappa shape index (κ1) is 16.4. The van der Waals surface area contributed by atoms with Crippen molar-refractivity contribution in [3.63, 3.8) is 0 Å². The highest BCUT2D eigenvalue weighted by Crippen LogP contribution is 2.31. The zero-order chi connectivity index (χ0) is 17.0. The summed E-state index contributed by atoms with van der Waals surface area (Å²) in [5.41, 5.74) is -0.571. The van der Waals surface area contributed by atoms with E-state index >= 15 is 0 Å². The number of amides is 2. The molecule has 0 saturated carbocycles. The number of hydrogen-bond acceptors (Lipinski definition) is 2. The van der Waals surface area contributed by atoms with E-state index in [1.807, 2.05) is 0 Å². The predicted molar refractivity (Wildman–Crippen MR) is 77.5 cm³/mol. The van der Waals surface area contributed by atoms with E-state index in [0.29, 0.717) is 5.39 Å². The largest absolute Gasteiger partial charge is 0.416 e. The molecule has 2 amide bonds. The first-order valence-electron chi connectivity index (χ1n) is 6.49. The highest BCUT2D eigenvalue weighted by Gasteiger charge is 2.30. The lowest BCUT2D eigenvalue weighted by atomic mass is 10.1. The van der Waals surface area contributed by atoms with Crippen LogP contribution in [0, 0.1) is 12.3 Å². The molecule has 0 aliphatic carbocycles. The molecule has 0 aliphatic rings. The van der Waals surface area contributed by atoms with Crippen molar-refractivity contribution in [2.45, 2.75) is 6.18 Å². The van der Waals surface area contributed by atoms with E-state index in [1.54, 1.807) is 0 Å². The number of carbonyl (C=O) groups excluding carboxylic acids is 2. The summed E-state index contributed by atoms with van der Waals surface area (Å²) in [5, 5.41) is 5.16. The Hall–Kier alpha value is -2.95. The van der Waals surface area contributed by atoms with Crippen LogP contribution in [-0.2, 0) is 11.0 Å². The summed E-state index contributed by atoms with van der Waals surface area (Å²) in [6.07, 6.45) is 0.511. The number of terminal acetylenes is 1. The monoisotopic (exact) mass is 323 g/mol. The molecule has 3 N–H and O–H groups in total. The van der Waals surface area contributed by atoms with Crippen molar-refractivity contribution in [2.75, 3.05) is 13.1 Å². The Labute approximate surface area is 129 Å². The lowest BCUT2D eigenvalue weighted by Gasteiger charge is -2.05. The van der Waals surface area contributed by atoms with Crippen molar-refractivity contribution in [1.82, 2.24) is 15.6 Å². The van der Waals surface area contributed by atoms with Crippen LogP contribution in [0.15, 0.2) is 24.3 Å². The van der Waals surface area contributed by atoms with E-state index in [0.717, 1.165) is 12.1 Å². The molecule has 23 heavy (non-hydrogen) atoms. The maximum absolute atomic E-state index is 12.6. The van der Waals surface area contributed by atoms with Gasteiger partial charge in [0.1, 0.15) is 5.69 Å². The molecule has 0 saturated heterocycles. The third-order valence-corrected chi connectivity index (χ3v) is 2.99. The summed E-state index contributed by atoms with van der Waals surface area (Å²) in [5.74, 6) is 1.14. The lowest BCUT2D eigenvalue weighted by Crippen LogP contribution is -2.37. The SMILES string of the molecule is C#CCNC(=O)CNC(=O)c1cc2ccc(C(F)(F)F)cc2[nH]1. The van der Waals surface area contributed by atoms with Gasteiger partial charge in [0.25, 0.3) is 5.91 Å². The molecule has 0 unspecified atom stereocenters. The van der Waals surface area contributed by atoms with Gasteiger partial charge >= 0.3 is 6.18 Å². The first-order chi connectivity index (χ1) is 10.8. The summed E-state index contributed by atoms with van der Waals surface area (Å²) in [7, 11) is 0. The maximum Gasteiger partial charge on any atom is 0.416 e. The second-order valence-corrected chi connectivity index (χ2v) is 4.65. The van der Waals surface area contributed by atoms with Crippen molar-refractivity contribution >= 4 is 22.7 Å². The van der Waals surface area contributed by atoms with E-state index in [2.05, 4.69) is 21.5 Å². The van der Waals surface area contributed by atoms with Gasteiger partial charge in [0, 0.05) is 10.9 Å². The van der Waals surface area contributed by atoms with Crippen LogP contribution in [0.3, 0.4) is 0 Å². The molecule has 1 aromatic heterocycles. The van der Waals surface area contributed by atoms with Gasteiger partial charge in [-0.1, -0.05) is 12.0 Å². The number of alkyl halides is 3. The van der Waals surface area contributed by atoms with Crippen LogP contribution in [0.25, 0.3) is 10.9 Å². The van der Waals surface area contributed by atoms with Crippen molar-refractivity contribution in [1.29, 1.82) is 0 Å². The van der Waals surface area contributed by atoms with Crippen LogP contribution in [-0.4, -0.2) is 29.9 Å². The molecule has 0 bridgehead atoms. The van der Waals surface area contributed by atoms with Gasteiger partial charge in [0.2, 0.25) is 5.91 Å². The molecule has 8 heteroatoms. The summed E-state index contributed by atoms with van der Waals surface area (Å²) < 4.78 is 37.9. The molecule has 2 aromatic rings. The molecule has 1 aromatic carbocycles. The van der Waals surface area contributed by atoms with E-state index in [9.17, 15) is 22.8 Å². The normalized spacial score (nSPS) is 11.0. The molecule has 5 nitrogen and oxygen atoms in total. The van der Waals surface area contributed by atoms with Crippen LogP contribution >= 0.6 is 0 Å². The summed E-state index contributed by atoms with van der Waals surface area (Å²) >= 11 is 0. The number of benzene rings is 1. The Kier molecular flexibility index (Phi) is 4.60. The Balaban J connectivity index is 2.10. The lowest BCUT2D eigenvalue weighted by molar-refractivity contribution is -0.137. The number of hydrogen-bond donors (Lipinski definition) is 3. The van der Waals surface area contributed by atoms with Gasteiger partial charge in [0.15, 0.2) is 0 Å². The molecule has 0 atom stereocenters. The standard InChI is InChI=1S/C15H12F3N3O2/c1-2-5-19-13(22)8-20-14(23)12-6-9-3-4-10(15(16,17)18)7-11(9)21-12/h1,3-4,6-7,21H,5,8H2,(H,19,22)(H,20,23). The number of aromatic nitrogens is 1. The Bertz CT molecular complexity index is 787. The average Bonchev–Trinajstić information content (AvgIpc) is 2.92. The number of halogens is 3. The fourth-order valence-corrected chi connectivity index (χ4v) is 1.89. The molecular weight excluding hydrogens is 311 g/mol. The van der Waals surface area contributed by atoms with Crippen molar-refractivity contribution < 1.29 is 22.8 Å². The smallest absolute Gasteiger partial charge is 0.351 e. The minimum atomic E-state index is -4.46.